The van der Waals surface area contributed by atoms with Crippen LogP contribution < -0.4 is 5.32 Å². The van der Waals surface area contributed by atoms with Crippen LogP contribution in [0.4, 0.5) is 0 Å². The standard InChI is InChI=1S/C31H44ClNO3S/c1-17(2)29(25-8-9-26(32)37-25)33-27(36)14-18(3)21-6-7-22-28-23(11-13-31(21,22)5)30(4)12-10-20(34)15-19(30)16-24(28)35/h8-9,17-19,21-23,28-29H,6-7,10-16H2,1-5H3,(H,33,36)/t18-,19+,21?,22+,23+,28+,29+,30+,31-/m1/s1. The van der Waals surface area contributed by atoms with Crippen molar-refractivity contribution in [3.05, 3.63) is 21.3 Å². The number of carbonyl (C=O) groups is 3. The molecule has 6 heteroatoms. The van der Waals surface area contributed by atoms with Crippen molar-refractivity contribution < 1.29 is 14.4 Å². The summed E-state index contributed by atoms with van der Waals surface area (Å²) in [6, 6.07) is 3.91. The minimum Gasteiger partial charge on any atom is -0.348 e. The van der Waals surface area contributed by atoms with Crippen molar-refractivity contribution in [3.8, 4) is 0 Å². The van der Waals surface area contributed by atoms with Crippen molar-refractivity contribution in [2.45, 2.75) is 98.4 Å². The first kappa shape index (κ1) is 27.4. The molecule has 4 aliphatic carbocycles. The van der Waals surface area contributed by atoms with Gasteiger partial charge in [0, 0.05) is 36.5 Å². The van der Waals surface area contributed by atoms with Gasteiger partial charge in [0.25, 0.3) is 0 Å². The Morgan fingerprint density at radius 3 is 2.46 bits per heavy atom. The van der Waals surface area contributed by atoms with E-state index < -0.39 is 0 Å². The van der Waals surface area contributed by atoms with Gasteiger partial charge in [0.05, 0.1) is 10.4 Å². The van der Waals surface area contributed by atoms with Crippen LogP contribution in [0.1, 0.15) is 103 Å². The maximum Gasteiger partial charge on any atom is 0.220 e. The molecule has 0 bridgehead atoms. The van der Waals surface area contributed by atoms with Gasteiger partial charge in [-0.2, -0.15) is 0 Å². The Kier molecular flexibility index (Phi) is 7.46. The molecule has 0 aromatic carbocycles. The third-order valence-electron chi connectivity index (χ3n) is 11.4. The van der Waals surface area contributed by atoms with Crippen LogP contribution in [-0.4, -0.2) is 17.5 Å². The van der Waals surface area contributed by atoms with E-state index in [2.05, 4.69) is 39.9 Å². The number of hydrogen-bond donors (Lipinski definition) is 1. The molecule has 204 valence electrons. The Morgan fingerprint density at radius 1 is 1.05 bits per heavy atom. The Labute approximate surface area is 231 Å². The fourth-order valence-corrected chi connectivity index (χ4v) is 10.7. The highest BCUT2D eigenvalue weighted by Gasteiger charge is 2.63. The first-order valence-electron chi connectivity index (χ1n) is 14.5. The molecule has 1 heterocycles. The fraction of sp³-hybridized carbons (Fsp3) is 0.774. The largest absolute Gasteiger partial charge is 0.348 e. The van der Waals surface area contributed by atoms with Crippen LogP contribution in [-0.2, 0) is 14.4 Å². The van der Waals surface area contributed by atoms with Crippen molar-refractivity contribution in [2.75, 3.05) is 0 Å². The molecule has 4 fully saturated rings. The van der Waals surface area contributed by atoms with Gasteiger partial charge in [-0.15, -0.1) is 11.3 Å². The molecule has 1 aromatic heterocycles. The minimum atomic E-state index is -0.0181. The van der Waals surface area contributed by atoms with Crippen LogP contribution in [0.2, 0.25) is 4.34 Å². The molecule has 5 rings (SSSR count). The van der Waals surface area contributed by atoms with Crippen LogP contribution in [0.3, 0.4) is 0 Å². The van der Waals surface area contributed by atoms with Crippen molar-refractivity contribution in [1.82, 2.24) is 5.32 Å². The third-order valence-corrected chi connectivity index (χ3v) is 12.8. The fourth-order valence-electron chi connectivity index (χ4n) is 9.43. The maximum atomic E-state index is 13.6. The Bertz CT molecular complexity index is 1070. The molecule has 0 radical (unpaired) electrons. The lowest BCUT2D eigenvalue weighted by atomic mass is 9.44. The lowest BCUT2D eigenvalue weighted by Crippen LogP contribution is -2.57. The normalized spacial score (nSPS) is 39.1. The summed E-state index contributed by atoms with van der Waals surface area (Å²) in [5.41, 5.74) is 0.247. The van der Waals surface area contributed by atoms with E-state index in [9.17, 15) is 14.4 Å². The van der Waals surface area contributed by atoms with Gasteiger partial charge in [0.15, 0.2) is 0 Å². The molecule has 0 spiro atoms. The highest BCUT2D eigenvalue weighted by Crippen LogP contribution is 2.67. The van der Waals surface area contributed by atoms with Gasteiger partial charge in [0.1, 0.15) is 11.6 Å². The number of nitrogens with one attached hydrogen (secondary N) is 1. The van der Waals surface area contributed by atoms with Crippen molar-refractivity contribution in [3.63, 3.8) is 0 Å². The summed E-state index contributed by atoms with van der Waals surface area (Å²) in [5.74, 6) is 3.16. The number of hydrogen-bond acceptors (Lipinski definition) is 4. The van der Waals surface area contributed by atoms with E-state index in [-0.39, 0.29) is 46.5 Å². The molecule has 1 N–H and O–H groups in total. The van der Waals surface area contributed by atoms with Crippen LogP contribution >= 0.6 is 22.9 Å². The van der Waals surface area contributed by atoms with Crippen molar-refractivity contribution >= 4 is 40.4 Å². The van der Waals surface area contributed by atoms with E-state index >= 15 is 0 Å². The van der Waals surface area contributed by atoms with Gasteiger partial charge in [-0.3, -0.25) is 14.4 Å². The van der Waals surface area contributed by atoms with Crippen LogP contribution in [0, 0.1) is 52.3 Å². The highest BCUT2D eigenvalue weighted by molar-refractivity contribution is 7.16. The summed E-state index contributed by atoms with van der Waals surface area (Å²) < 4.78 is 0.751. The number of fused-ring (bicyclic) bond motifs is 5. The van der Waals surface area contributed by atoms with E-state index in [1.807, 2.05) is 12.1 Å². The molecule has 1 amide bonds. The molecule has 4 aliphatic rings. The molecule has 9 atom stereocenters. The molecule has 4 saturated carbocycles. The van der Waals surface area contributed by atoms with Gasteiger partial charge in [-0.25, -0.2) is 0 Å². The molecule has 4 nitrogen and oxygen atoms in total. The number of rotatable bonds is 6. The van der Waals surface area contributed by atoms with Gasteiger partial charge in [0.2, 0.25) is 5.91 Å². The predicted molar refractivity (Wildman–Crippen MR) is 149 cm³/mol. The number of halogens is 1. The van der Waals surface area contributed by atoms with Gasteiger partial charge < -0.3 is 5.32 Å². The number of ketones is 2. The zero-order valence-electron chi connectivity index (χ0n) is 23.1. The third kappa shape index (κ3) is 4.75. The van der Waals surface area contributed by atoms with Gasteiger partial charge in [-0.05, 0) is 90.6 Å². The molecular weight excluding hydrogens is 502 g/mol. The first-order valence-corrected chi connectivity index (χ1v) is 15.7. The number of Topliss-reactive ketones (excluding diaryl/α,β-unsaturated/α-hetero) is 2. The highest BCUT2D eigenvalue weighted by atomic mass is 35.5. The van der Waals surface area contributed by atoms with E-state index in [1.54, 1.807) is 11.3 Å². The van der Waals surface area contributed by atoms with Gasteiger partial charge >= 0.3 is 0 Å². The number of thiophene rings is 1. The van der Waals surface area contributed by atoms with E-state index in [1.165, 1.54) is 0 Å². The zero-order chi connectivity index (χ0) is 26.7. The van der Waals surface area contributed by atoms with Crippen molar-refractivity contribution in [1.29, 1.82) is 0 Å². The summed E-state index contributed by atoms with van der Waals surface area (Å²) in [6.07, 6.45) is 7.83. The van der Waals surface area contributed by atoms with Crippen LogP contribution in [0.5, 0.6) is 0 Å². The molecule has 0 saturated heterocycles. The Morgan fingerprint density at radius 2 is 1.78 bits per heavy atom. The smallest absolute Gasteiger partial charge is 0.220 e. The summed E-state index contributed by atoms with van der Waals surface area (Å²) in [7, 11) is 0. The SMILES string of the molecule is CC(C)[C@H](NC(=O)C[C@@H](C)C1CC[C@H]2[C@@H]3C(=O)C[C@@H]4CC(=O)CC[C@]4(C)[C@H]3CC[C@]12C)c1ccc(Cl)s1. The Hall–Kier alpha value is -1.20. The molecule has 1 aromatic rings. The average molecular weight is 546 g/mol. The second-order valence-electron chi connectivity index (χ2n) is 13.7. The topological polar surface area (TPSA) is 63.2 Å². The zero-order valence-corrected chi connectivity index (χ0v) is 24.7. The molecule has 37 heavy (non-hydrogen) atoms. The monoisotopic (exact) mass is 545 g/mol. The van der Waals surface area contributed by atoms with Crippen LogP contribution in [0.25, 0.3) is 0 Å². The van der Waals surface area contributed by atoms with Crippen molar-refractivity contribution in [2.24, 2.45) is 52.3 Å². The predicted octanol–water partition coefficient (Wildman–Crippen LogP) is 7.65. The quantitative estimate of drug-likeness (QED) is 0.399. The molecular formula is C31H44ClNO3S. The summed E-state index contributed by atoms with van der Waals surface area (Å²) >= 11 is 7.72. The second-order valence-corrected chi connectivity index (χ2v) is 15.4. The lowest BCUT2D eigenvalue weighted by molar-refractivity contribution is -0.159. The summed E-state index contributed by atoms with van der Waals surface area (Å²) in [4.78, 5) is 40.2. The first-order chi connectivity index (χ1) is 17.4. The van der Waals surface area contributed by atoms with E-state index in [4.69, 9.17) is 11.6 Å². The number of carbonyl (C=O) groups excluding carboxylic acids is 3. The number of amides is 1. The Balaban J connectivity index is 1.28. The summed E-state index contributed by atoms with van der Waals surface area (Å²) in [5, 5.41) is 3.31. The molecule has 0 aliphatic heterocycles. The maximum absolute atomic E-state index is 13.6. The van der Waals surface area contributed by atoms with E-state index in [0.717, 1.165) is 41.3 Å². The minimum absolute atomic E-state index is 0.0181. The summed E-state index contributed by atoms with van der Waals surface area (Å²) in [6.45, 7) is 11.3. The van der Waals surface area contributed by atoms with Crippen LogP contribution in [0.15, 0.2) is 12.1 Å². The average Bonchev–Trinajstić information content (AvgIpc) is 3.41. The van der Waals surface area contributed by atoms with E-state index in [0.29, 0.717) is 55.0 Å². The lowest BCUT2D eigenvalue weighted by Gasteiger charge is -2.59. The van der Waals surface area contributed by atoms with Gasteiger partial charge in [-0.1, -0.05) is 46.2 Å². The molecule has 1 unspecified atom stereocenters. The second kappa shape index (κ2) is 10.1.